The van der Waals surface area contributed by atoms with Crippen molar-refractivity contribution < 1.29 is 4.74 Å². The molecule has 0 amide bonds. The van der Waals surface area contributed by atoms with Crippen molar-refractivity contribution in [1.29, 1.82) is 0 Å². The van der Waals surface area contributed by atoms with Gasteiger partial charge in [0.25, 0.3) is 0 Å². The molecule has 1 aliphatic rings. The Kier molecular flexibility index (Phi) is 7.74. The molecule has 84 valence electrons. The fourth-order valence-electron chi connectivity index (χ4n) is 1.78. The summed E-state index contributed by atoms with van der Waals surface area (Å²) in [6, 6.07) is 0. The van der Waals surface area contributed by atoms with Gasteiger partial charge >= 0.3 is 0 Å². The minimum Gasteiger partial charge on any atom is -0.380 e. The molecule has 2 nitrogen and oxygen atoms in total. The smallest absolute Gasteiger partial charge is 0.0593 e. The van der Waals surface area contributed by atoms with Crippen molar-refractivity contribution in [2.75, 3.05) is 38.2 Å². The first-order chi connectivity index (χ1) is 6.93. The summed E-state index contributed by atoms with van der Waals surface area (Å²) in [6.45, 7) is 5.55. The van der Waals surface area contributed by atoms with Gasteiger partial charge in [-0.3, -0.25) is 0 Å². The Hall–Kier alpha value is 0.400. The fourth-order valence-corrected chi connectivity index (χ4v) is 2.17. The van der Waals surface area contributed by atoms with Gasteiger partial charge in [0.2, 0.25) is 0 Å². The van der Waals surface area contributed by atoms with Crippen LogP contribution in [0.25, 0.3) is 0 Å². The minimum atomic E-state index is 0.919. The molecule has 1 saturated heterocycles. The van der Waals surface area contributed by atoms with Crippen LogP contribution < -0.4 is 0 Å². The number of hydrogen-bond donors (Lipinski definition) is 0. The summed E-state index contributed by atoms with van der Waals surface area (Å²) in [5.41, 5.74) is 0. The van der Waals surface area contributed by atoms with Crippen molar-refractivity contribution >= 4 is 15.9 Å². The van der Waals surface area contributed by atoms with Crippen LogP contribution in [-0.2, 0) is 4.74 Å². The molecule has 0 saturated carbocycles. The lowest BCUT2D eigenvalue weighted by Crippen LogP contribution is -2.32. The zero-order valence-electron chi connectivity index (χ0n) is 9.01. The van der Waals surface area contributed by atoms with E-state index >= 15 is 0 Å². The molecule has 0 aliphatic carbocycles. The Morgan fingerprint density at radius 2 is 1.79 bits per heavy atom. The van der Waals surface area contributed by atoms with E-state index in [1.54, 1.807) is 0 Å². The average Bonchev–Trinajstić information content (AvgIpc) is 2.25. The van der Waals surface area contributed by atoms with Gasteiger partial charge < -0.3 is 9.64 Å². The summed E-state index contributed by atoms with van der Waals surface area (Å²) in [5, 5.41) is 1.10. The van der Waals surface area contributed by atoms with Gasteiger partial charge in [-0.2, -0.15) is 0 Å². The van der Waals surface area contributed by atoms with E-state index in [-0.39, 0.29) is 0 Å². The maximum Gasteiger partial charge on any atom is 0.0593 e. The number of halogens is 1. The van der Waals surface area contributed by atoms with Crippen molar-refractivity contribution in [1.82, 2.24) is 4.90 Å². The topological polar surface area (TPSA) is 12.5 Å². The number of alkyl halides is 1. The van der Waals surface area contributed by atoms with E-state index in [1.807, 2.05) is 0 Å². The summed E-state index contributed by atoms with van der Waals surface area (Å²) in [6.07, 6.45) is 6.59. The molecule has 0 atom stereocenters. The molecule has 1 fully saturated rings. The van der Waals surface area contributed by atoms with Crippen LogP contribution in [0.4, 0.5) is 0 Å². The lowest BCUT2D eigenvalue weighted by Gasteiger charge is -2.26. The van der Waals surface area contributed by atoms with Crippen molar-refractivity contribution in [3.63, 3.8) is 0 Å². The second-order valence-electron chi connectivity index (χ2n) is 3.91. The second-order valence-corrected chi connectivity index (χ2v) is 4.70. The molecule has 0 unspecified atom stereocenters. The number of nitrogens with zero attached hydrogens (tertiary/aromatic N) is 1. The fraction of sp³-hybridized carbons (Fsp3) is 1.00. The molecule has 0 bridgehead atoms. The van der Waals surface area contributed by atoms with Gasteiger partial charge in [0.1, 0.15) is 0 Å². The van der Waals surface area contributed by atoms with E-state index in [0.717, 1.165) is 25.1 Å². The lowest BCUT2D eigenvalue weighted by atomic mass is 10.1. The maximum atomic E-state index is 5.58. The Balaban J connectivity index is 1.82. The van der Waals surface area contributed by atoms with Gasteiger partial charge in [-0.05, 0) is 38.8 Å². The highest BCUT2D eigenvalue weighted by Gasteiger charge is 2.08. The standard InChI is InChI=1S/C11H22BrNO/c12-6-2-5-10-14-11-9-13-7-3-1-4-8-13/h1-11H2. The molecule has 1 rings (SSSR count). The number of ether oxygens (including phenoxy) is 1. The van der Waals surface area contributed by atoms with Crippen LogP contribution in [0, 0.1) is 0 Å². The van der Waals surface area contributed by atoms with Crippen LogP contribution in [0.3, 0.4) is 0 Å². The number of unbranched alkanes of at least 4 members (excludes halogenated alkanes) is 1. The van der Waals surface area contributed by atoms with Crippen LogP contribution in [0.15, 0.2) is 0 Å². The summed E-state index contributed by atoms with van der Waals surface area (Å²) in [4.78, 5) is 2.52. The Labute approximate surface area is 96.1 Å². The molecule has 0 spiro atoms. The van der Waals surface area contributed by atoms with E-state index < -0.39 is 0 Å². The molecule has 0 radical (unpaired) electrons. The van der Waals surface area contributed by atoms with E-state index in [4.69, 9.17) is 4.74 Å². The summed E-state index contributed by atoms with van der Waals surface area (Å²) in [7, 11) is 0. The second kappa shape index (κ2) is 8.69. The van der Waals surface area contributed by atoms with Crippen molar-refractivity contribution in [2.24, 2.45) is 0 Å². The highest BCUT2D eigenvalue weighted by molar-refractivity contribution is 9.09. The highest BCUT2D eigenvalue weighted by Crippen LogP contribution is 2.07. The van der Waals surface area contributed by atoms with Crippen LogP contribution in [0.1, 0.15) is 32.1 Å². The Morgan fingerprint density at radius 3 is 2.50 bits per heavy atom. The average molecular weight is 264 g/mol. The minimum absolute atomic E-state index is 0.919. The Bertz CT molecular complexity index is 126. The van der Waals surface area contributed by atoms with Crippen LogP contribution in [0.2, 0.25) is 0 Å². The van der Waals surface area contributed by atoms with Gasteiger partial charge in [-0.15, -0.1) is 0 Å². The maximum absolute atomic E-state index is 5.58. The van der Waals surface area contributed by atoms with E-state index in [1.165, 1.54) is 45.2 Å². The molecular weight excluding hydrogens is 242 g/mol. The van der Waals surface area contributed by atoms with E-state index in [9.17, 15) is 0 Å². The van der Waals surface area contributed by atoms with Gasteiger partial charge in [0, 0.05) is 18.5 Å². The molecular formula is C11H22BrNO. The van der Waals surface area contributed by atoms with Gasteiger partial charge in [-0.1, -0.05) is 22.4 Å². The zero-order chi connectivity index (χ0) is 10.1. The molecule has 1 heterocycles. The third-order valence-electron chi connectivity index (χ3n) is 2.67. The third-order valence-corrected chi connectivity index (χ3v) is 3.23. The highest BCUT2D eigenvalue weighted by atomic mass is 79.9. The number of likely N-dealkylation sites (tertiary alicyclic amines) is 1. The molecule has 0 aromatic heterocycles. The number of piperidine rings is 1. The van der Waals surface area contributed by atoms with Crippen LogP contribution in [-0.4, -0.2) is 43.1 Å². The van der Waals surface area contributed by atoms with Crippen LogP contribution >= 0.6 is 15.9 Å². The van der Waals surface area contributed by atoms with E-state index in [0.29, 0.717) is 0 Å². The van der Waals surface area contributed by atoms with Gasteiger partial charge in [0.15, 0.2) is 0 Å². The number of hydrogen-bond acceptors (Lipinski definition) is 2. The first kappa shape index (κ1) is 12.5. The first-order valence-electron chi connectivity index (χ1n) is 5.79. The lowest BCUT2D eigenvalue weighted by molar-refractivity contribution is 0.0948. The van der Waals surface area contributed by atoms with Crippen molar-refractivity contribution in [3.05, 3.63) is 0 Å². The molecule has 3 heteroatoms. The zero-order valence-corrected chi connectivity index (χ0v) is 10.6. The monoisotopic (exact) mass is 263 g/mol. The summed E-state index contributed by atoms with van der Waals surface area (Å²) >= 11 is 3.42. The SMILES string of the molecule is BrCCCCOCCN1CCCCC1. The molecule has 0 aromatic carbocycles. The largest absolute Gasteiger partial charge is 0.380 e. The number of rotatable bonds is 7. The molecule has 1 aliphatic heterocycles. The van der Waals surface area contributed by atoms with Crippen molar-refractivity contribution in [3.8, 4) is 0 Å². The predicted molar refractivity (Wildman–Crippen MR) is 64.1 cm³/mol. The molecule has 0 N–H and O–H groups in total. The quantitative estimate of drug-likeness (QED) is 0.518. The predicted octanol–water partition coefficient (Wildman–Crippen LogP) is 2.66. The van der Waals surface area contributed by atoms with E-state index in [2.05, 4.69) is 20.8 Å². The third kappa shape index (κ3) is 5.99. The molecule has 14 heavy (non-hydrogen) atoms. The Morgan fingerprint density at radius 1 is 1.00 bits per heavy atom. The first-order valence-corrected chi connectivity index (χ1v) is 6.91. The summed E-state index contributed by atoms with van der Waals surface area (Å²) in [5.74, 6) is 0. The van der Waals surface area contributed by atoms with Crippen LogP contribution in [0.5, 0.6) is 0 Å². The molecule has 0 aromatic rings. The normalized spacial score (nSPS) is 18.6. The van der Waals surface area contributed by atoms with Gasteiger partial charge in [-0.25, -0.2) is 0 Å². The van der Waals surface area contributed by atoms with Gasteiger partial charge in [0.05, 0.1) is 6.61 Å². The van der Waals surface area contributed by atoms with Crippen molar-refractivity contribution in [2.45, 2.75) is 32.1 Å². The summed E-state index contributed by atoms with van der Waals surface area (Å²) < 4.78 is 5.58.